The number of hydrogen-bond donors (Lipinski definition) is 0. The first-order valence-electron chi connectivity index (χ1n) is 7.11. The van der Waals surface area contributed by atoms with Gasteiger partial charge in [0.05, 0.1) is 11.3 Å². The molecule has 0 bridgehead atoms. The van der Waals surface area contributed by atoms with Gasteiger partial charge in [-0.1, -0.05) is 36.0 Å². The molecule has 0 atom stereocenters. The topological polar surface area (TPSA) is 20.3 Å². The van der Waals surface area contributed by atoms with Crippen molar-refractivity contribution < 1.29 is 22.4 Å². The molecule has 122 valence electrons. The van der Waals surface area contributed by atoms with Crippen LogP contribution >= 0.6 is 0 Å². The van der Waals surface area contributed by atoms with Crippen LogP contribution in [0.2, 0.25) is 0 Å². The Kier molecular flexibility index (Phi) is 5.03. The molecule has 2 rings (SSSR count). The first kappa shape index (κ1) is 17.0. The average molecular weight is 325 g/mol. The maximum absolute atomic E-state index is 14.3. The van der Waals surface area contributed by atoms with Crippen LogP contribution in [0, 0.1) is 24.4 Å². The molecule has 0 aromatic heterocycles. The van der Waals surface area contributed by atoms with Crippen LogP contribution in [-0.4, -0.2) is 5.91 Å². The lowest BCUT2D eigenvalue weighted by molar-refractivity contribution is 0.0924. The van der Waals surface area contributed by atoms with Gasteiger partial charge in [-0.15, -0.1) is 5.12 Å². The molecule has 0 saturated carbocycles. The van der Waals surface area contributed by atoms with Crippen molar-refractivity contribution in [2.24, 2.45) is 0 Å². The SMILES string of the molecule is CCCc1c(C)c(F)c(F)c(F)c1C(=O)N(F)c1ccccc1. The van der Waals surface area contributed by atoms with Crippen molar-refractivity contribution >= 4 is 11.6 Å². The van der Waals surface area contributed by atoms with Crippen LogP contribution in [0.5, 0.6) is 0 Å². The highest BCUT2D eigenvalue weighted by Crippen LogP contribution is 2.28. The summed E-state index contributed by atoms with van der Waals surface area (Å²) in [6.45, 7) is 2.97. The third-order valence-electron chi connectivity index (χ3n) is 3.56. The Hall–Kier alpha value is -2.37. The molecular weight excluding hydrogens is 310 g/mol. The van der Waals surface area contributed by atoms with Crippen LogP contribution < -0.4 is 5.12 Å². The van der Waals surface area contributed by atoms with E-state index in [0.29, 0.717) is 6.42 Å². The van der Waals surface area contributed by atoms with Gasteiger partial charge in [0, 0.05) is 0 Å². The zero-order valence-corrected chi connectivity index (χ0v) is 12.7. The van der Waals surface area contributed by atoms with Crippen molar-refractivity contribution in [1.29, 1.82) is 0 Å². The quantitative estimate of drug-likeness (QED) is 0.445. The van der Waals surface area contributed by atoms with Crippen LogP contribution in [0.15, 0.2) is 30.3 Å². The number of para-hydroxylation sites is 1. The molecule has 0 N–H and O–H groups in total. The first-order valence-corrected chi connectivity index (χ1v) is 7.11. The molecular formula is C17H15F4NO. The van der Waals surface area contributed by atoms with Crippen molar-refractivity contribution in [3.8, 4) is 0 Å². The van der Waals surface area contributed by atoms with Gasteiger partial charge in [-0.2, -0.15) is 0 Å². The summed E-state index contributed by atoms with van der Waals surface area (Å²) >= 11 is 0. The molecule has 2 aromatic carbocycles. The highest BCUT2D eigenvalue weighted by molar-refractivity contribution is 6.06. The molecule has 1 amide bonds. The van der Waals surface area contributed by atoms with E-state index >= 15 is 0 Å². The maximum Gasteiger partial charge on any atom is 0.289 e. The Balaban J connectivity index is 2.60. The van der Waals surface area contributed by atoms with Crippen molar-refractivity contribution in [2.45, 2.75) is 26.7 Å². The number of rotatable bonds is 4. The van der Waals surface area contributed by atoms with Gasteiger partial charge in [0.15, 0.2) is 17.5 Å². The molecule has 0 saturated heterocycles. The van der Waals surface area contributed by atoms with Crippen molar-refractivity contribution in [1.82, 2.24) is 0 Å². The molecule has 0 spiro atoms. The van der Waals surface area contributed by atoms with Gasteiger partial charge in [0.1, 0.15) is 0 Å². The fourth-order valence-corrected chi connectivity index (χ4v) is 2.38. The minimum Gasteiger partial charge on any atom is -0.266 e. The van der Waals surface area contributed by atoms with E-state index in [4.69, 9.17) is 0 Å². The molecule has 0 fully saturated rings. The van der Waals surface area contributed by atoms with Gasteiger partial charge in [-0.05, 0) is 36.6 Å². The summed E-state index contributed by atoms with van der Waals surface area (Å²) in [5.74, 6) is -6.15. The summed E-state index contributed by atoms with van der Waals surface area (Å²) in [7, 11) is 0. The number of anilines is 1. The first-order chi connectivity index (χ1) is 10.9. The maximum atomic E-state index is 14.3. The van der Waals surface area contributed by atoms with Crippen LogP contribution in [0.4, 0.5) is 23.3 Å². The van der Waals surface area contributed by atoms with E-state index in [2.05, 4.69) is 0 Å². The van der Waals surface area contributed by atoms with Gasteiger partial charge in [-0.25, -0.2) is 13.2 Å². The van der Waals surface area contributed by atoms with Crippen LogP contribution in [0.1, 0.15) is 34.8 Å². The number of carbonyl (C=O) groups is 1. The average Bonchev–Trinajstić information content (AvgIpc) is 2.57. The van der Waals surface area contributed by atoms with E-state index in [1.807, 2.05) is 0 Å². The van der Waals surface area contributed by atoms with Gasteiger partial charge >= 0.3 is 0 Å². The Morgan fingerprint density at radius 2 is 1.65 bits per heavy atom. The monoisotopic (exact) mass is 325 g/mol. The van der Waals surface area contributed by atoms with Crippen molar-refractivity contribution in [2.75, 3.05) is 5.12 Å². The fraction of sp³-hybridized carbons (Fsp3) is 0.235. The highest BCUT2D eigenvalue weighted by atomic mass is 19.2. The van der Waals surface area contributed by atoms with E-state index < -0.39 is 28.9 Å². The smallest absolute Gasteiger partial charge is 0.266 e. The third kappa shape index (κ3) is 3.06. The molecule has 6 heteroatoms. The lowest BCUT2D eigenvalue weighted by atomic mass is 9.95. The van der Waals surface area contributed by atoms with Crippen molar-refractivity contribution in [3.05, 3.63) is 64.5 Å². The van der Waals surface area contributed by atoms with E-state index in [1.165, 1.54) is 31.2 Å². The lowest BCUT2D eigenvalue weighted by Gasteiger charge is -2.18. The normalized spacial score (nSPS) is 10.7. The second kappa shape index (κ2) is 6.81. The number of amides is 1. The number of nitrogens with zero attached hydrogens (tertiary/aromatic N) is 1. The summed E-state index contributed by atoms with van der Waals surface area (Å²) in [5.41, 5.74) is -1.10. The Morgan fingerprint density at radius 3 is 2.22 bits per heavy atom. The summed E-state index contributed by atoms with van der Waals surface area (Å²) in [4.78, 5) is 12.3. The number of benzene rings is 2. The predicted molar refractivity (Wildman–Crippen MR) is 79.4 cm³/mol. The molecule has 0 unspecified atom stereocenters. The molecule has 2 nitrogen and oxygen atoms in total. The molecule has 0 aliphatic carbocycles. The van der Waals surface area contributed by atoms with Crippen LogP contribution in [0.3, 0.4) is 0 Å². The zero-order chi connectivity index (χ0) is 17.1. The predicted octanol–water partition coefficient (Wildman–Crippen LogP) is 4.90. The largest absolute Gasteiger partial charge is 0.289 e. The summed E-state index contributed by atoms with van der Waals surface area (Å²) in [5, 5.41) is -0.269. The minimum absolute atomic E-state index is 0.0209. The number of carbonyl (C=O) groups excluding carboxylic acids is 1. The number of hydrogen-bond acceptors (Lipinski definition) is 1. The molecule has 0 radical (unpaired) electrons. The lowest BCUT2D eigenvalue weighted by Crippen LogP contribution is -2.26. The van der Waals surface area contributed by atoms with Gasteiger partial charge in [0.25, 0.3) is 5.91 Å². The molecule has 0 aliphatic heterocycles. The van der Waals surface area contributed by atoms with Gasteiger partial charge < -0.3 is 0 Å². The fourth-order valence-electron chi connectivity index (χ4n) is 2.38. The number of halogens is 4. The van der Waals surface area contributed by atoms with E-state index in [0.717, 1.165) is 0 Å². The van der Waals surface area contributed by atoms with E-state index in [1.54, 1.807) is 13.0 Å². The molecule has 0 aliphatic rings. The van der Waals surface area contributed by atoms with Crippen LogP contribution in [-0.2, 0) is 6.42 Å². The summed E-state index contributed by atoms with van der Waals surface area (Å²) in [6, 6.07) is 7.22. The summed E-state index contributed by atoms with van der Waals surface area (Å²) < 4.78 is 55.8. The van der Waals surface area contributed by atoms with E-state index in [9.17, 15) is 22.4 Å². The standard InChI is InChI=1S/C17H15F4NO/c1-3-7-12-10(2)14(18)16(20)15(19)13(12)17(23)22(21)11-8-5-4-6-9-11/h4-6,8-9H,3,7H2,1-2H3. The second-order valence-electron chi connectivity index (χ2n) is 5.09. The Morgan fingerprint density at radius 1 is 1.04 bits per heavy atom. The zero-order valence-electron chi connectivity index (χ0n) is 12.7. The van der Waals surface area contributed by atoms with Crippen molar-refractivity contribution in [3.63, 3.8) is 0 Å². The molecule has 23 heavy (non-hydrogen) atoms. The van der Waals surface area contributed by atoms with Crippen LogP contribution in [0.25, 0.3) is 0 Å². The highest BCUT2D eigenvalue weighted by Gasteiger charge is 2.30. The molecule has 0 heterocycles. The summed E-state index contributed by atoms with van der Waals surface area (Å²) in [6.07, 6.45) is 0.590. The van der Waals surface area contributed by atoms with Gasteiger partial charge in [-0.3, -0.25) is 4.79 Å². The Bertz CT molecular complexity index is 731. The Labute approximate surface area is 131 Å². The second-order valence-corrected chi connectivity index (χ2v) is 5.09. The third-order valence-corrected chi connectivity index (χ3v) is 3.56. The van der Waals surface area contributed by atoms with Gasteiger partial charge in [0.2, 0.25) is 0 Å². The van der Waals surface area contributed by atoms with E-state index in [-0.39, 0.29) is 28.4 Å². The molecule has 2 aromatic rings. The minimum atomic E-state index is -1.77.